The lowest BCUT2D eigenvalue weighted by molar-refractivity contribution is -0.384. The predicted octanol–water partition coefficient (Wildman–Crippen LogP) is 2.59. The van der Waals surface area contributed by atoms with Gasteiger partial charge < -0.3 is 4.90 Å². The third kappa shape index (κ3) is 3.69. The minimum atomic E-state index is -3.61. The summed E-state index contributed by atoms with van der Waals surface area (Å²) in [6.07, 6.45) is 0. The van der Waals surface area contributed by atoms with E-state index >= 15 is 0 Å². The average molecular weight is 400 g/mol. The van der Waals surface area contributed by atoms with E-state index in [9.17, 15) is 18.5 Å². The van der Waals surface area contributed by atoms with Crippen LogP contribution in [-0.4, -0.2) is 43.8 Å². The van der Waals surface area contributed by atoms with Crippen molar-refractivity contribution >= 4 is 21.4 Å². The number of piperazine rings is 1. The second-order valence-electron chi connectivity index (χ2n) is 6.71. The van der Waals surface area contributed by atoms with Crippen LogP contribution in [0.3, 0.4) is 0 Å². The maximum atomic E-state index is 12.9. The first-order valence-corrected chi connectivity index (χ1v) is 10.2. The van der Waals surface area contributed by atoms with E-state index in [-0.39, 0.29) is 29.2 Å². The van der Waals surface area contributed by atoms with Crippen molar-refractivity contribution in [1.29, 1.82) is 5.26 Å². The van der Waals surface area contributed by atoms with Gasteiger partial charge in [0.15, 0.2) is 0 Å². The Morgan fingerprint density at radius 1 is 1.04 bits per heavy atom. The molecular formula is C19H20N4O4S. The van der Waals surface area contributed by atoms with Gasteiger partial charge in [-0.05, 0) is 49.2 Å². The summed E-state index contributed by atoms with van der Waals surface area (Å²) in [5, 5.41) is 20.3. The highest BCUT2D eigenvalue weighted by molar-refractivity contribution is 7.89. The van der Waals surface area contributed by atoms with Gasteiger partial charge in [0, 0.05) is 32.2 Å². The van der Waals surface area contributed by atoms with E-state index < -0.39 is 14.9 Å². The van der Waals surface area contributed by atoms with Crippen LogP contribution in [0.2, 0.25) is 0 Å². The van der Waals surface area contributed by atoms with Crippen molar-refractivity contribution in [3.8, 4) is 6.07 Å². The van der Waals surface area contributed by atoms with E-state index in [2.05, 4.69) is 0 Å². The molecule has 0 aliphatic carbocycles. The van der Waals surface area contributed by atoms with Crippen LogP contribution in [-0.2, 0) is 10.0 Å². The summed E-state index contributed by atoms with van der Waals surface area (Å²) in [6.45, 7) is 4.91. The van der Waals surface area contributed by atoms with E-state index in [1.54, 1.807) is 29.2 Å². The molecule has 0 bridgehead atoms. The molecule has 1 aliphatic rings. The molecule has 3 rings (SSSR count). The quantitative estimate of drug-likeness (QED) is 0.577. The zero-order valence-corrected chi connectivity index (χ0v) is 16.4. The third-order valence-electron chi connectivity index (χ3n) is 5.00. The van der Waals surface area contributed by atoms with Gasteiger partial charge in [0.05, 0.1) is 21.5 Å². The number of rotatable bonds is 4. The molecule has 0 amide bonds. The van der Waals surface area contributed by atoms with E-state index in [1.807, 2.05) is 19.9 Å². The average Bonchev–Trinajstić information content (AvgIpc) is 2.69. The highest BCUT2D eigenvalue weighted by Crippen LogP contribution is 2.30. The van der Waals surface area contributed by atoms with Crippen LogP contribution in [0.25, 0.3) is 0 Å². The topological polar surface area (TPSA) is 108 Å². The van der Waals surface area contributed by atoms with Crippen molar-refractivity contribution < 1.29 is 13.3 Å². The standard InChI is InChI=1S/C19H20N4O4S/c1-14-3-5-17(11-15(14)2)28(26,27)22-9-7-21(8-10-22)18-6-4-16(13-20)12-19(18)23(24)25/h3-6,11-12H,7-10H2,1-2H3. The number of nitro benzene ring substituents is 1. The van der Waals surface area contributed by atoms with E-state index in [1.165, 1.54) is 16.4 Å². The van der Waals surface area contributed by atoms with Crippen molar-refractivity contribution in [2.45, 2.75) is 18.7 Å². The Kier molecular flexibility index (Phi) is 5.36. The first-order valence-electron chi connectivity index (χ1n) is 8.75. The summed E-state index contributed by atoms with van der Waals surface area (Å²) in [7, 11) is -3.61. The Bertz CT molecular complexity index is 1070. The maximum absolute atomic E-state index is 12.9. The Morgan fingerprint density at radius 3 is 2.29 bits per heavy atom. The first-order chi connectivity index (χ1) is 13.2. The van der Waals surface area contributed by atoms with Crippen LogP contribution >= 0.6 is 0 Å². The maximum Gasteiger partial charge on any atom is 0.293 e. The molecule has 0 unspecified atom stereocenters. The molecule has 9 heteroatoms. The first kappa shape index (κ1) is 19.8. The number of benzene rings is 2. The van der Waals surface area contributed by atoms with E-state index in [0.29, 0.717) is 18.8 Å². The lowest BCUT2D eigenvalue weighted by atomic mass is 10.1. The molecule has 1 fully saturated rings. The lowest BCUT2D eigenvalue weighted by Gasteiger charge is -2.35. The van der Waals surface area contributed by atoms with Crippen LogP contribution in [0.15, 0.2) is 41.3 Å². The van der Waals surface area contributed by atoms with Gasteiger partial charge in [0.25, 0.3) is 5.69 Å². The molecule has 0 atom stereocenters. The van der Waals surface area contributed by atoms with Crippen LogP contribution in [0.5, 0.6) is 0 Å². The van der Waals surface area contributed by atoms with Crippen molar-refractivity contribution in [2.24, 2.45) is 0 Å². The number of hydrogen-bond acceptors (Lipinski definition) is 6. The molecule has 28 heavy (non-hydrogen) atoms. The molecule has 0 radical (unpaired) electrons. The van der Waals surface area contributed by atoms with Gasteiger partial charge in [0.1, 0.15) is 5.69 Å². The zero-order valence-electron chi connectivity index (χ0n) is 15.6. The summed E-state index contributed by atoms with van der Waals surface area (Å²) in [5.74, 6) is 0. The Balaban J connectivity index is 1.80. The largest absolute Gasteiger partial charge is 0.363 e. The number of nitriles is 1. The SMILES string of the molecule is Cc1ccc(S(=O)(=O)N2CCN(c3ccc(C#N)cc3[N+](=O)[O-])CC2)cc1C. The summed E-state index contributed by atoms with van der Waals surface area (Å²) in [6, 6.07) is 11.3. The van der Waals surface area contributed by atoms with Gasteiger partial charge >= 0.3 is 0 Å². The van der Waals surface area contributed by atoms with Crippen molar-refractivity contribution in [3.63, 3.8) is 0 Å². The fourth-order valence-electron chi connectivity index (χ4n) is 3.20. The highest BCUT2D eigenvalue weighted by atomic mass is 32.2. The predicted molar refractivity (Wildman–Crippen MR) is 105 cm³/mol. The van der Waals surface area contributed by atoms with Crippen LogP contribution in [0.1, 0.15) is 16.7 Å². The molecule has 146 valence electrons. The van der Waals surface area contributed by atoms with Crippen LogP contribution < -0.4 is 4.90 Å². The van der Waals surface area contributed by atoms with Crippen molar-refractivity contribution in [2.75, 3.05) is 31.1 Å². The van der Waals surface area contributed by atoms with Gasteiger partial charge in [0.2, 0.25) is 10.0 Å². The molecule has 0 aromatic heterocycles. The molecule has 8 nitrogen and oxygen atoms in total. The molecule has 1 saturated heterocycles. The molecule has 2 aromatic rings. The highest BCUT2D eigenvalue weighted by Gasteiger charge is 2.31. The van der Waals surface area contributed by atoms with Gasteiger partial charge in [-0.1, -0.05) is 6.07 Å². The lowest BCUT2D eigenvalue weighted by Crippen LogP contribution is -2.48. The molecule has 0 saturated carbocycles. The molecule has 0 spiro atoms. The van der Waals surface area contributed by atoms with Gasteiger partial charge in [-0.15, -0.1) is 0 Å². The fraction of sp³-hybridized carbons (Fsp3) is 0.316. The monoisotopic (exact) mass is 400 g/mol. The third-order valence-corrected chi connectivity index (χ3v) is 6.89. The Labute approximate surface area is 163 Å². The van der Waals surface area contributed by atoms with Gasteiger partial charge in [-0.25, -0.2) is 8.42 Å². The normalized spacial score (nSPS) is 15.2. The molecule has 1 aliphatic heterocycles. The number of anilines is 1. The van der Waals surface area contributed by atoms with E-state index in [4.69, 9.17) is 5.26 Å². The Hall–Kier alpha value is -2.96. The number of aryl methyl sites for hydroxylation is 2. The summed E-state index contributed by atoms with van der Waals surface area (Å²) in [4.78, 5) is 12.9. The number of nitrogens with zero attached hydrogens (tertiary/aromatic N) is 4. The van der Waals surface area contributed by atoms with E-state index in [0.717, 1.165) is 11.1 Å². The van der Waals surface area contributed by atoms with Crippen LogP contribution in [0.4, 0.5) is 11.4 Å². The molecular weight excluding hydrogens is 380 g/mol. The number of sulfonamides is 1. The number of nitro groups is 1. The molecule has 1 heterocycles. The second kappa shape index (κ2) is 7.58. The Morgan fingerprint density at radius 2 is 1.71 bits per heavy atom. The molecule has 0 N–H and O–H groups in total. The fourth-order valence-corrected chi connectivity index (χ4v) is 4.71. The minimum absolute atomic E-state index is 0.149. The minimum Gasteiger partial charge on any atom is -0.363 e. The smallest absolute Gasteiger partial charge is 0.293 e. The van der Waals surface area contributed by atoms with Crippen LogP contribution in [0, 0.1) is 35.3 Å². The van der Waals surface area contributed by atoms with Crippen molar-refractivity contribution in [1.82, 2.24) is 4.31 Å². The summed E-state index contributed by atoms with van der Waals surface area (Å²) >= 11 is 0. The summed E-state index contributed by atoms with van der Waals surface area (Å²) in [5.41, 5.74) is 2.40. The number of hydrogen-bond donors (Lipinski definition) is 0. The summed E-state index contributed by atoms with van der Waals surface area (Å²) < 4.78 is 27.2. The zero-order chi connectivity index (χ0) is 20.5. The van der Waals surface area contributed by atoms with Gasteiger partial charge in [-0.3, -0.25) is 10.1 Å². The van der Waals surface area contributed by atoms with Gasteiger partial charge in [-0.2, -0.15) is 9.57 Å². The second-order valence-corrected chi connectivity index (χ2v) is 8.65. The molecule has 2 aromatic carbocycles. The van der Waals surface area contributed by atoms with Crippen molar-refractivity contribution in [3.05, 3.63) is 63.2 Å².